The molecular weight excluding hydrogens is 248 g/mol. The van der Waals surface area contributed by atoms with E-state index in [2.05, 4.69) is 13.8 Å². The van der Waals surface area contributed by atoms with Crippen LogP contribution in [0.15, 0.2) is 23.1 Å². The minimum Gasteiger partial charge on any atom is -0.282 e. The first kappa shape index (κ1) is 15.2. The molecule has 0 radical (unpaired) electrons. The van der Waals surface area contributed by atoms with Crippen molar-refractivity contribution >= 4 is 10.1 Å². The van der Waals surface area contributed by atoms with Crippen LogP contribution < -0.4 is 0 Å². The first-order valence-corrected chi connectivity index (χ1v) is 7.92. The minimum absolute atomic E-state index is 0.000283. The molecule has 0 atom stereocenters. The van der Waals surface area contributed by atoms with Gasteiger partial charge in [-0.2, -0.15) is 8.42 Å². The summed E-state index contributed by atoms with van der Waals surface area (Å²) in [5.41, 5.74) is 2.14. The van der Waals surface area contributed by atoms with Gasteiger partial charge < -0.3 is 0 Å². The predicted molar refractivity (Wildman–Crippen MR) is 73.6 cm³/mol. The molecule has 0 unspecified atom stereocenters. The molecule has 1 rings (SSSR count). The van der Waals surface area contributed by atoms with Crippen molar-refractivity contribution in [3.63, 3.8) is 0 Å². The number of hydrogen-bond acceptors (Lipinski definition) is 2. The average molecular weight is 270 g/mol. The van der Waals surface area contributed by atoms with E-state index in [1.165, 1.54) is 6.07 Å². The highest BCUT2D eigenvalue weighted by atomic mass is 32.2. The Labute approximate surface area is 110 Å². The van der Waals surface area contributed by atoms with Crippen molar-refractivity contribution in [3.8, 4) is 0 Å². The van der Waals surface area contributed by atoms with Gasteiger partial charge in [-0.15, -0.1) is 0 Å². The van der Waals surface area contributed by atoms with E-state index in [1.807, 2.05) is 6.92 Å². The summed E-state index contributed by atoms with van der Waals surface area (Å²) in [6, 6.07) is 4.86. The quantitative estimate of drug-likeness (QED) is 0.797. The van der Waals surface area contributed by atoms with Crippen LogP contribution in [-0.4, -0.2) is 13.0 Å². The molecule has 1 aromatic rings. The summed E-state index contributed by atoms with van der Waals surface area (Å²) in [5.74, 6) is 0.377. The van der Waals surface area contributed by atoms with Gasteiger partial charge in [0.25, 0.3) is 10.1 Å². The van der Waals surface area contributed by atoms with E-state index in [4.69, 9.17) is 4.55 Å². The summed E-state index contributed by atoms with van der Waals surface area (Å²) in [5, 5.41) is 0. The summed E-state index contributed by atoms with van der Waals surface area (Å²) in [4.78, 5) is 0.000283. The Morgan fingerprint density at radius 3 is 2.17 bits per heavy atom. The molecule has 0 bridgehead atoms. The van der Waals surface area contributed by atoms with Gasteiger partial charge in [0.05, 0.1) is 4.90 Å². The molecule has 0 saturated carbocycles. The van der Waals surface area contributed by atoms with Gasteiger partial charge in [-0.05, 0) is 48.9 Å². The topological polar surface area (TPSA) is 54.4 Å². The van der Waals surface area contributed by atoms with E-state index in [9.17, 15) is 8.42 Å². The smallest absolute Gasteiger partial charge is 0.282 e. The zero-order chi connectivity index (χ0) is 13.8. The zero-order valence-electron chi connectivity index (χ0n) is 11.3. The van der Waals surface area contributed by atoms with Crippen molar-refractivity contribution in [2.75, 3.05) is 0 Å². The molecule has 0 amide bonds. The Balaban J connectivity index is 3.20. The third kappa shape index (κ3) is 3.82. The molecule has 4 heteroatoms. The van der Waals surface area contributed by atoms with Crippen molar-refractivity contribution in [2.45, 2.75) is 57.3 Å². The van der Waals surface area contributed by atoms with Crippen molar-refractivity contribution < 1.29 is 13.0 Å². The van der Waals surface area contributed by atoms with Crippen LogP contribution in [-0.2, 0) is 10.1 Å². The van der Waals surface area contributed by atoms with Gasteiger partial charge >= 0.3 is 0 Å². The first-order chi connectivity index (χ1) is 8.40. The summed E-state index contributed by atoms with van der Waals surface area (Å²) in [7, 11) is -4.11. The van der Waals surface area contributed by atoms with Gasteiger partial charge in [0, 0.05) is 0 Å². The van der Waals surface area contributed by atoms with Crippen molar-refractivity contribution in [1.29, 1.82) is 0 Å². The van der Waals surface area contributed by atoms with Crippen LogP contribution in [0.3, 0.4) is 0 Å². The Morgan fingerprint density at radius 1 is 1.17 bits per heavy atom. The molecule has 0 aliphatic heterocycles. The zero-order valence-corrected chi connectivity index (χ0v) is 12.1. The standard InChI is InChI=1S/C14H22O3S/c1-4-6-12(7-5-2)14-10-13(18(15,16)17)9-8-11(14)3/h8-10,12H,4-7H2,1-3H3,(H,15,16,17). The number of aryl methyl sites for hydroxylation is 1. The fourth-order valence-electron chi connectivity index (χ4n) is 2.37. The van der Waals surface area contributed by atoms with Crippen LogP contribution in [0.5, 0.6) is 0 Å². The fraction of sp³-hybridized carbons (Fsp3) is 0.571. The van der Waals surface area contributed by atoms with E-state index in [-0.39, 0.29) is 4.90 Å². The van der Waals surface area contributed by atoms with E-state index < -0.39 is 10.1 Å². The number of benzene rings is 1. The first-order valence-electron chi connectivity index (χ1n) is 6.48. The van der Waals surface area contributed by atoms with Crippen LogP contribution >= 0.6 is 0 Å². The molecule has 0 fully saturated rings. The third-order valence-electron chi connectivity index (χ3n) is 3.26. The van der Waals surface area contributed by atoms with Crippen molar-refractivity contribution in [1.82, 2.24) is 0 Å². The molecule has 102 valence electrons. The molecule has 0 aromatic heterocycles. The Kier molecular flexibility index (Phi) is 5.35. The van der Waals surface area contributed by atoms with Crippen molar-refractivity contribution in [2.24, 2.45) is 0 Å². The van der Waals surface area contributed by atoms with Crippen LogP contribution in [0.2, 0.25) is 0 Å². The molecule has 0 aliphatic rings. The number of rotatable bonds is 6. The van der Waals surface area contributed by atoms with E-state index in [0.717, 1.165) is 36.8 Å². The van der Waals surface area contributed by atoms with Crippen molar-refractivity contribution in [3.05, 3.63) is 29.3 Å². The minimum atomic E-state index is -4.11. The summed E-state index contributed by atoms with van der Waals surface area (Å²) in [6.07, 6.45) is 4.23. The van der Waals surface area contributed by atoms with Gasteiger partial charge in [0.15, 0.2) is 0 Å². The lowest BCUT2D eigenvalue weighted by Crippen LogP contribution is -2.05. The largest absolute Gasteiger partial charge is 0.294 e. The molecular formula is C14H22O3S. The van der Waals surface area contributed by atoms with Crippen LogP contribution in [0.25, 0.3) is 0 Å². The highest BCUT2D eigenvalue weighted by molar-refractivity contribution is 7.85. The average Bonchev–Trinajstić information content (AvgIpc) is 2.28. The van der Waals surface area contributed by atoms with Crippen LogP contribution in [0, 0.1) is 6.92 Å². The van der Waals surface area contributed by atoms with Gasteiger partial charge in [-0.1, -0.05) is 32.8 Å². The highest BCUT2D eigenvalue weighted by Crippen LogP contribution is 2.30. The monoisotopic (exact) mass is 270 g/mol. The maximum Gasteiger partial charge on any atom is 0.294 e. The second-order valence-electron chi connectivity index (χ2n) is 4.77. The summed E-state index contributed by atoms with van der Waals surface area (Å²) >= 11 is 0. The van der Waals surface area contributed by atoms with Crippen LogP contribution in [0.4, 0.5) is 0 Å². The maximum absolute atomic E-state index is 11.2. The van der Waals surface area contributed by atoms with Gasteiger partial charge in [0.1, 0.15) is 0 Å². The van der Waals surface area contributed by atoms with E-state index in [1.54, 1.807) is 12.1 Å². The van der Waals surface area contributed by atoms with Gasteiger partial charge in [-0.25, -0.2) is 0 Å². The van der Waals surface area contributed by atoms with E-state index >= 15 is 0 Å². The number of hydrogen-bond donors (Lipinski definition) is 1. The van der Waals surface area contributed by atoms with Gasteiger partial charge in [0.2, 0.25) is 0 Å². The third-order valence-corrected chi connectivity index (χ3v) is 4.11. The lowest BCUT2D eigenvalue weighted by molar-refractivity contribution is 0.482. The lowest BCUT2D eigenvalue weighted by Gasteiger charge is -2.19. The molecule has 1 N–H and O–H groups in total. The second kappa shape index (κ2) is 6.34. The second-order valence-corrected chi connectivity index (χ2v) is 6.19. The summed E-state index contributed by atoms with van der Waals surface area (Å²) in [6.45, 7) is 6.25. The summed E-state index contributed by atoms with van der Waals surface area (Å²) < 4.78 is 31.5. The molecule has 18 heavy (non-hydrogen) atoms. The Bertz CT molecular complexity index is 486. The SMILES string of the molecule is CCCC(CCC)c1cc(S(=O)(=O)O)ccc1C. The normalized spacial score (nSPS) is 12.1. The highest BCUT2D eigenvalue weighted by Gasteiger charge is 2.16. The molecule has 0 aliphatic carbocycles. The molecule has 3 nitrogen and oxygen atoms in total. The molecule has 0 spiro atoms. The fourth-order valence-corrected chi connectivity index (χ4v) is 2.89. The Morgan fingerprint density at radius 2 is 1.72 bits per heavy atom. The molecule has 0 saturated heterocycles. The molecule has 0 heterocycles. The predicted octanol–water partition coefficient (Wildman–Crippen LogP) is 3.93. The lowest BCUT2D eigenvalue weighted by atomic mass is 9.88. The van der Waals surface area contributed by atoms with Crippen LogP contribution in [0.1, 0.15) is 56.6 Å². The maximum atomic E-state index is 11.2. The van der Waals surface area contributed by atoms with E-state index in [0.29, 0.717) is 5.92 Å². The Hall–Kier alpha value is -0.870. The molecule has 1 aromatic carbocycles. The van der Waals surface area contributed by atoms with Gasteiger partial charge in [-0.3, -0.25) is 4.55 Å².